The molecule has 2 N–H and O–H groups in total. The van der Waals surface area contributed by atoms with Crippen LogP contribution in [0.15, 0.2) is 40.3 Å². The normalized spacial score (nSPS) is 15.7. The van der Waals surface area contributed by atoms with Crippen LogP contribution in [0.3, 0.4) is 0 Å². The van der Waals surface area contributed by atoms with Crippen LogP contribution in [-0.2, 0) is 47.4 Å². The molecule has 0 aliphatic heterocycles. The Kier molecular flexibility index (Phi) is 7.84. The summed E-state index contributed by atoms with van der Waals surface area (Å²) in [7, 11) is -4.90. The van der Waals surface area contributed by atoms with E-state index in [-0.39, 0.29) is 41.3 Å². The van der Waals surface area contributed by atoms with E-state index in [1.807, 2.05) is 6.92 Å². The van der Waals surface area contributed by atoms with Crippen molar-refractivity contribution < 1.29 is 30.6 Å². The second kappa shape index (κ2) is 10.7. The number of aryl methyl sites for hydroxylation is 1. The van der Waals surface area contributed by atoms with E-state index in [1.165, 1.54) is 29.9 Å². The van der Waals surface area contributed by atoms with Gasteiger partial charge in [0, 0.05) is 30.9 Å². The van der Waals surface area contributed by atoms with E-state index in [0.717, 1.165) is 19.1 Å². The van der Waals surface area contributed by atoms with Crippen molar-refractivity contribution in [2.75, 3.05) is 25.2 Å². The molecule has 212 valence electrons. The lowest BCUT2D eigenvalue weighted by molar-refractivity contribution is -0.142. The van der Waals surface area contributed by atoms with Gasteiger partial charge in [-0.25, -0.2) is 18.1 Å². The molecule has 16 heteroatoms. The van der Waals surface area contributed by atoms with E-state index in [4.69, 9.17) is 4.18 Å². The SMILES string of the molecule is COC(=O)CC(CNc1nc2ccc(S(=O)(=O)NC3(C)CC3)cc2c(=O)n1Cc1cnn(C)c1)OS(C)(=O)=O. The van der Waals surface area contributed by atoms with E-state index < -0.39 is 43.3 Å². The number of aromatic nitrogens is 4. The number of carbonyl (C=O) groups is 1. The fourth-order valence-electron chi connectivity index (χ4n) is 3.92. The molecule has 2 aromatic heterocycles. The lowest BCUT2D eigenvalue weighted by atomic mass is 10.2. The maximum atomic E-state index is 13.7. The summed E-state index contributed by atoms with van der Waals surface area (Å²) in [6.07, 6.45) is 4.07. The summed E-state index contributed by atoms with van der Waals surface area (Å²) in [4.78, 5) is 29.9. The van der Waals surface area contributed by atoms with E-state index in [1.54, 1.807) is 24.1 Å². The molecule has 1 saturated carbocycles. The Morgan fingerprint density at radius 3 is 2.54 bits per heavy atom. The fraction of sp³-hybridized carbons (Fsp3) is 0.478. The van der Waals surface area contributed by atoms with Crippen LogP contribution < -0.4 is 15.6 Å². The molecule has 0 saturated heterocycles. The second-order valence-corrected chi connectivity index (χ2v) is 13.1. The van der Waals surface area contributed by atoms with Gasteiger partial charge in [0.25, 0.3) is 15.7 Å². The van der Waals surface area contributed by atoms with Crippen molar-refractivity contribution in [3.8, 4) is 0 Å². The summed E-state index contributed by atoms with van der Waals surface area (Å²) < 4.78 is 64.5. The van der Waals surface area contributed by atoms with Crippen molar-refractivity contribution in [3.05, 3.63) is 46.5 Å². The number of anilines is 1. The van der Waals surface area contributed by atoms with E-state index in [9.17, 15) is 26.4 Å². The molecular weight excluding hydrogens is 552 g/mol. The van der Waals surface area contributed by atoms with Crippen LogP contribution in [-0.4, -0.2) is 73.7 Å². The summed E-state index contributed by atoms with van der Waals surface area (Å²) >= 11 is 0. The van der Waals surface area contributed by atoms with Crippen molar-refractivity contribution in [2.45, 2.75) is 49.3 Å². The lowest BCUT2D eigenvalue weighted by Crippen LogP contribution is -2.34. The monoisotopic (exact) mass is 582 g/mol. The average Bonchev–Trinajstić information content (AvgIpc) is 3.41. The van der Waals surface area contributed by atoms with E-state index in [0.29, 0.717) is 5.56 Å². The number of esters is 1. The average molecular weight is 583 g/mol. The maximum Gasteiger partial charge on any atom is 0.308 e. The molecule has 1 aliphatic rings. The molecule has 3 aromatic rings. The number of benzene rings is 1. The minimum absolute atomic E-state index is 0.0276. The first kappa shape index (κ1) is 28.7. The number of hydrogen-bond acceptors (Lipinski definition) is 11. The Labute approximate surface area is 225 Å². The van der Waals surface area contributed by atoms with Gasteiger partial charge in [0.15, 0.2) is 0 Å². The first-order valence-corrected chi connectivity index (χ1v) is 15.2. The van der Waals surface area contributed by atoms with Crippen LogP contribution in [0.1, 0.15) is 31.7 Å². The molecule has 1 fully saturated rings. The topological polar surface area (TPSA) is 181 Å². The van der Waals surface area contributed by atoms with Crippen molar-refractivity contribution in [1.29, 1.82) is 0 Å². The third-order valence-electron chi connectivity index (χ3n) is 6.14. The van der Waals surface area contributed by atoms with Crippen LogP contribution in [0.2, 0.25) is 0 Å². The Hall–Kier alpha value is -3.34. The highest BCUT2D eigenvalue weighted by atomic mass is 32.2. The van der Waals surface area contributed by atoms with Crippen molar-refractivity contribution in [2.24, 2.45) is 7.05 Å². The van der Waals surface area contributed by atoms with Gasteiger partial charge >= 0.3 is 5.97 Å². The zero-order chi connectivity index (χ0) is 28.6. The number of sulfonamides is 1. The molecule has 39 heavy (non-hydrogen) atoms. The fourth-order valence-corrected chi connectivity index (χ4v) is 6.04. The van der Waals surface area contributed by atoms with Crippen LogP contribution >= 0.6 is 0 Å². The minimum atomic E-state index is -3.92. The van der Waals surface area contributed by atoms with Crippen LogP contribution in [0.5, 0.6) is 0 Å². The summed E-state index contributed by atoms with van der Waals surface area (Å²) in [6.45, 7) is 1.63. The molecule has 1 unspecified atom stereocenters. The van der Waals surface area contributed by atoms with Gasteiger partial charge in [0.05, 0.1) is 48.3 Å². The molecule has 4 rings (SSSR count). The van der Waals surface area contributed by atoms with Gasteiger partial charge in [-0.05, 0) is 38.0 Å². The summed E-state index contributed by atoms with van der Waals surface area (Å²) in [5, 5.41) is 7.09. The molecule has 0 spiro atoms. The number of ether oxygens (including phenoxy) is 1. The quantitative estimate of drug-likeness (QED) is 0.222. The van der Waals surface area contributed by atoms with Gasteiger partial charge in [-0.15, -0.1) is 0 Å². The number of nitrogens with one attached hydrogen (secondary N) is 2. The first-order valence-electron chi connectivity index (χ1n) is 11.9. The number of nitrogens with zero attached hydrogens (tertiary/aromatic N) is 4. The highest BCUT2D eigenvalue weighted by Crippen LogP contribution is 2.36. The third-order valence-corrected chi connectivity index (χ3v) is 8.39. The van der Waals surface area contributed by atoms with Crippen LogP contribution in [0, 0.1) is 0 Å². The number of rotatable bonds is 12. The molecular formula is C23H30N6O8S2. The molecule has 0 amide bonds. The summed E-state index contributed by atoms with van der Waals surface area (Å²) in [5.41, 5.74) is -0.145. The highest BCUT2D eigenvalue weighted by molar-refractivity contribution is 7.89. The first-order chi connectivity index (χ1) is 18.2. The smallest absolute Gasteiger partial charge is 0.308 e. The lowest BCUT2D eigenvalue weighted by Gasteiger charge is -2.19. The Bertz CT molecular complexity index is 1680. The van der Waals surface area contributed by atoms with Crippen molar-refractivity contribution >= 4 is 43.0 Å². The predicted octanol–water partition coefficient (Wildman–Crippen LogP) is 0.329. The van der Waals surface area contributed by atoms with Gasteiger partial charge in [0.1, 0.15) is 6.10 Å². The molecule has 1 aliphatic carbocycles. The minimum Gasteiger partial charge on any atom is -0.469 e. The Balaban J connectivity index is 1.74. The highest BCUT2D eigenvalue weighted by Gasteiger charge is 2.41. The maximum absolute atomic E-state index is 13.7. The second-order valence-electron chi connectivity index (χ2n) is 9.78. The Morgan fingerprint density at radius 1 is 1.23 bits per heavy atom. The molecule has 2 heterocycles. The van der Waals surface area contributed by atoms with Gasteiger partial charge in [-0.1, -0.05) is 0 Å². The zero-order valence-electron chi connectivity index (χ0n) is 21.9. The van der Waals surface area contributed by atoms with Crippen LogP contribution in [0.25, 0.3) is 10.9 Å². The third kappa shape index (κ3) is 7.20. The Morgan fingerprint density at radius 2 is 1.95 bits per heavy atom. The summed E-state index contributed by atoms with van der Waals surface area (Å²) in [6, 6.07) is 4.08. The van der Waals surface area contributed by atoms with Crippen molar-refractivity contribution in [1.82, 2.24) is 24.1 Å². The number of carbonyl (C=O) groups excluding carboxylic acids is 1. The van der Waals surface area contributed by atoms with Crippen molar-refractivity contribution in [3.63, 3.8) is 0 Å². The van der Waals surface area contributed by atoms with Crippen LogP contribution in [0.4, 0.5) is 5.95 Å². The molecule has 0 bridgehead atoms. The van der Waals surface area contributed by atoms with E-state index >= 15 is 0 Å². The number of hydrogen-bond donors (Lipinski definition) is 2. The summed E-state index contributed by atoms with van der Waals surface area (Å²) in [5.74, 6) is -0.630. The largest absolute Gasteiger partial charge is 0.469 e. The zero-order valence-corrected chi connectivity index (χ0v) is 23.5. The molecule has 1 atom stereocenters. The predicted molar refractivity (Wildman–Crippen MR) is 141 cm³/mol. The number of methoxy groups -OCH3 is 1. The molecule has 14 nitrogen and oxygen atoms in total. The molecule has 1 aromatic carbocycles. The van der Waals surface area contributed by atoms with Gasteiger partial charge in [-0.2, -0.15) is 13.5 Å². The standard InChI is InChI=1S/C23H30N6O8S2/c1-23(7-8-23)27-39(34,35)17-5-6-19-18(10-17)21(31)29(14-15-11-25-28(2)13-15)22(26-19)24-12-16(9-20(30)36-3)37-38(4,32)33/h5-6,10-11,13,16,27H,7-9,12,14H2,1-4H3,(H,24,26). The van der Waals surface area contributed by atoms with Gasteiger partial charge in [-0.3, -0.25) is 23.0 Å². The van der Waals surface area contributed by atoms with Gasteiger partial charge in [0.2, 0.25) is 16.0 Å². The van der Waals surface area contributed by atoms with Gasteiger partial charge < -0.3 is 10.1 Å². The van der Waals surface area contributed by atoms with E-state index in [2.05, 4.69) is 24.9 Å². The molecule has 0 radical (unpaired) electrons. The number of fused-ring (bicyclic) bond motifs is 1.